The summed E-state index contributed by atoms with van der Waals surface area (Å²) in [5.41, 5.74) is -0.397. The molecule has 0 bridgehead atoms. The number of benzene rings is 1. The number of rotatable bonds is 6. The number of halogens is 1. The molecule has 1 aromatic carbocycles. The van der Waals surface area contributed by atoms with Crippen LogP contribution in [-0.2, 0) is 14.3 Å². The molecule has 8 heteroatoms. The summed E-state index contributed by atoms with van der Waals surface area (Å²) in [5.74, 6) is -1.33. The Morgan fingerprint density at radius 1 is 1.43 bits per heavy atom. The summed E-state index contributed by atoms with van der Waals surface area (Å²) in [5, 5.41) is 10.7. The van der Waals surface area contributed by atoms with E-state index in [0.717, 1.165) is 6.07 Å². The summed E-state index contributed by atoms with van der Waals surface area (Å²) < 4.78 is 9.75. The lowest BCUT2D eigenvalue weighted by atomic mass is 10.2. The van der Waals surface area contributed by atoms with Crippen molar-refractivity contribution in [3.05, 3.63) is 38.9 Å². The third-order valence-corrected chi connectivity index (χ3v) is 2.78. The second-order valence-corrected chi connectivity index (χ2v) is 4.55. The smallest absolute Gasteiger partial charge is 0.340 e. The number of hydrogen-bond donors (Lipinski definition) is 0. The largest absolute Gasteiger partial charge is 0.466 e. The number of carbonyl (C=O) groups is 2. The Kier molecular flexibility index (Phi) is 6.10. The van der Waals surface area contributed by atoms with Crippen molar-refractivity contribution in [2.75, 3.05) is 6.61 Å². The summed E-state index contributed by atoms with van der Waals surface area (Å²) >= 11 is 5.82. The molecule has 7 nitrogen and oxygen atoms in total. The second kappa shape index (κ2) is 7.58. The van der Waals surface area contributed by atoms with Gasteiger partial charge in [0.15, 0.2) is 0 Å². The molecule has 114 valence electrons. The van der Waals surface area contributed by atoms with E-state index >= 15 is 0 Å². The van der Waals surface area contributed by atoms with Gasteiger partial charge in [-0.15, -0.1) is 0 Å². The Bertz CT molecular complexity index is 560. The maximum absolute atomic E-state index is 11.9. The summed E-state index contributed by atoms with van der Waals surface area (Å²) in [6.07, 6.45) is -0.835. The number of ether oxygens (including phenoxy) is 2. The lowest BCUT2D eigenvalue weighted by Crippen LogP contribution is -2.20. The summed E-state index contributed by atoms with van der Waals surface area (Å²) in [6.45, 7) is 3.41. The highest BCUT2D eigenvalue weighted by Gasteiger charge is 2.20. The maximum Gasteiger partial charge on any atom is 0.340 e. The average molecular weight is 316 g/mol. The van der Waals surface area contributed by atoms with Crippen molar-refractivity contribution >= 4 is 29.2 Å². The van der Waals surface area contributed by atoms with E-state index in [1.54, 1.807) is 6.92 Å². The minimum Gasteiger partial charge on any atom is -0.466 e. The first kappa shape index (κ1) is 16.9. The molecule has 0 aliphatic rings. The van der Waals surface area contributed by atoms with Gasteiger partial charge in [0.25, 0.3) is 5.69 Å². The van der Waals surface area contributed by atoms with Crippen LogP contribution in [0, 0.1) is 10.1 Å². The topological polar surface area (TPSA) is 95.7 Å². The first-order valence-electron chi connectivity index (χ1n) is 6.15. The molecule has 0 spiro atoms. The lowest BCUT2D eigenvalue weighted by molar-refractivity contribution is -0.384. The van der Waals surface area contributed by atoms with Gasteiger partial charge in [-0.25, -0.2) is 4.79 Å². The number of carbonyl (C=O) groups excluding carboxylic acids is 2. The zero-order chi connectivity index (χ0) is 16.0. The van der Waals surface area contributed by atoms with Crippen molar-refractivity contribution in [1.82, 2.24) is 0 Å². The second-order valence-electron chi connectivity index (χ2n) is 4.15. The van der Waals surface area contributed by atoms with Gasteiger partial charge in [-0.05, 0) is 19.9 Å². The predicted molar refractivity (Wildman–Crippen MR) is 74.2 cm³/mol. The Morgan fingerprint density at radius 2 is 2.10 bits per heavy atom. The maximum atomic E-state index is 11.9. The monoisotopic (exact) mass is 315 g/mol. The van der Waals surface area contributed by atoms with Gasteiger partial charge in [0.05, 0.1) is 28.5 Å². The molecule has 0 radical (unpaired) electrons. The molecule has 1 atom stereocenters. The molecule has 0 aliphatic heterocycles. The zero-order valence-electron chi connectivity index (χ0n) is 11.5. The molecule has 0 unspecified atom stereocenters. The van der Waals surface area contributed by atoms with Crippen LogP contribution in [0.2, 0.25) is 5.02 Å². The molecular formula is C13H14ClNO6. The fraction of sp³-hybridized carbons (Fsp3) is 0.385. The van der Waals surface area contributed by atoms with Crippen LogP contribution in [0.3, 0.4) is 0 Å². The van der Waals surface area contributed by atoms with Crippen LogP contribution < -0.4 is 0 Å². The number of nitro benzene ring substituents is 1. The van der Waals surface area contributed by atoms with Gasteiger partial charge in [0.2, 0.25) is 0 Å². The number of esters is 2. The number of non-ortho nitro benzene ring substituents is 1. The first-order valence-corrected chi connectivity index (χ1v) is 6.53. The van der Waals surface area contributed by atoms with Gasteiger partial charge in [-0.2, -0.15) is 0 Å². The third kappa shape index (κ3) is 5.03. The van der Waals surface area contributed by atoms with Crippen molar-refractivity contribution in [2.24, 2.45) is 0 Å². The van der Waals surface area contributed by atoms with Crippen molar-refractivity contribution in [3.8, 4) is 0 Å². The molecule has 0 fully saturated rings. The van der Waals surface area contributed by atoms with E-state index < -0.39 is 23.0 Å². The van der Waals surface area contributed by atoms with Crippen molar-refractivity contribution in [1.29, 1.82) is 0 Å². The van der Waals surface area contributed by atoms with Crippen LogP contribution in [0.1, 0.15) is 30.6 Å². The molecule has 1 rings (SSSR count). The van der Waals surface area contributed by atoms with Crippen LogP contribution in [0.4, 0.5) is 5.69 Å². The molecular weight excluding hydrogens is 302 g/mol. The van der Waals surface area contributed by atoms with Crippen LogP contribution >= 0.6 is 11.6 Å². The fourth-order valence-electron chi connectivity index (χ4n) is 1.53. The van der Waals surface area contributed by atoms with Crippen LogP contribution in [0.15, 0.2) is 18.2 Å². The van der Waals surface area contributed by atoms with Crippen molar-refractivity contribution in [2.45, 2.75) is 26.4 Å². The van der Waals surface area contributed by atoms with E-state index in [4.69, 9.17) is 21.1 Å². The molecule has 0 saturated heterocycles. The summed E-state index contributed by atoms with van der Waals surface area (Å²) in [6, 6.07) is 3.45. The van der Waals surface area contributed by atoms with E-state index in [0.29, 0.717) is 0 Å². The average Bonchev–Trinajstić information content (AvgIpc) is 2.38. The van der Waals surface area contributed by atoms with Gasteiger partial charge in [0.1, 0.15) is 6.10 Å². The predicted octanol–water partition coefficient (Wildman–Crippen LogP) is 2.75. The Labute approximate surface area is 125 Å². The van der Waals surface area contributed by atoms with Gasteiger partial charge in [-0.3, -0.25) is 14.9 Å². The summed E-state index contributed by atoms with van der Waals surface area (Å²) in [4.78, 5) is 33.2. The van der Waals surface area contributed by atoms with Gasteiger partial charge in [-0.1, -0.05) is 11.6 Å². The van der Waals surface area contributed by atoms with Gasteiger partial charge >= 0.3 is 11.9 Å². The molecule has 21 heavy (non-hydrogen) atoms. The van der Waals surface area contributed by atoms with E-state index in [1.165, 1.54) is 19.1 Å². The fourth-order valence-corrected chi connectivity index (χ4v) is 1.72. The SMILES string of the molecule is CCOC(=O)C[C@H](C)OC(=O)c1cc([N+](=O)[O-])ccc1Cl. The van der Waals surface area contributed by atoms with E-state index in [-0.39, 0.29) is 29.3 Å². The number of nitrogens with zero attached hydrogens (tertiary/aromatic N) is 1. The standard InChI is InChI=1S/C13H14ClNO6/c1-3-20-12(16)6-8(2)21-13(17)10-7-9(15(18)19)4-5-11(10)14/h4-5,7-8H,3,6H2,1-2H3/t8-/m0/s1. The quantitative estimate of drug-likeness (QED) is 0.455. The highest BCUT2D eigenvalue weighted by molar-refractivity contribution is 6.33. The Hall–Kier alpha value is -2.15. The normalized spacial score (nSPS) is 11.6. The zero-order valence-corrected chi connectivity index (χ0v) is 12.3. The van der Waals surface area contributed by atoms with Crippen LogP contribution in [0.25, 0.3) is 0 Å². The molecule has 0 saturated carbocycles. The van der Waals surface area contributed by atoms with Gasteiger partial charge < -0.3 is 9.47 Å². The third-order valence-electron chi connectivity index (χ3n) is 2.45. The van der Waals surface area contributed by atoms with E-state index in [9.17, 15) is 19.7 Å². The van der Waals surface area contributed by atoms with E-state index in [1.807, 2.05) is 0 Å². The van der Waals surface area contributed by atoms with Crippen LogP contribution in [-0.4, -0.2) is 29.6 Å². The van der Waals surface area contributed by atoms with Crippen molar-refractivity contribution in [3.63, 3.8) is 0 Å². The molecule has 0 aromatic heterocycles. The first-order chi connectivity index (χ1) is 9.85. The minimum absolute atomic E-state index is 0.0361. The number of hydrogen-bond acceptors (Lipinski definition) is 6. The molecule has 0 N–H and O–H groups in total. The highest BCUT2D eigenvalue weighted by Crippen LogP contribution is 2.23. The van der Waals surface area contributed by atoms with Gasteiger partial charge in [0, 0.05) is 12.1 Å². The minimum atomic E-state index is -0.833. The van der Waals surface area contributed by atoms with E-state index in [2.05, 4.69) is 0 Å². The Balaban J connectivity index is 2.77. The Morgan fingerprint density at radius 3 is 2.67 bits per heavy atom. The summed E-state index contributed by atoms with van der Waals surface area (Å²) in [7, 11) is 0. The molecule has 0 heterocycles. The lowest BCUT2D eigenvalue weighted by Gasteiger charge is -2.13. The highest BCUT2D eigenvalue weighted by atomic mass is 35.5. The number of nitro groups is 1. The van der Waals surface area contributed by atoms with Crippen molar-refractivity contribution < 1.29 is 24.0 Å². The molecule has 1 aromatic rings. The molecule has 0 amide bonds. The van der Waals surface area contributed by atoms with Crippen LogP contribution in [0.5, 0.6) is 0 Å². The molecule has 0 aliphatic carbocycles.